The molecule has 3 rings (SSSR count). The molecule has 0 aromatic heterocycles. The van der Waals surface area contributed by atoms with Crippen molar-refractivity contribution in [2.75, 3.05) is 28.5 Å². The maximum Gasteiger partial charge on any atom is 0.255 e. The minimum Gasteiger partial charge on any atom is -0.352 e. The zero-order valence-corrected chi connectivity index (χ0v) is 16.7. The van der Waals surface area contributed by atoms with Crippen LogP contribution >= 0.6 is 0 Å². The van der Waals surface area contributed by atoms with E-state index >= 15 is 0 Å². The van der Waals surface area contributed by atoms with Crippen molar-refractivity contribution < 1.29 is 18.0 Å². The first-order valence-electron chi connectivity index (χ1n) is 9.12. The molecule has 1 aliphatic rings. The van der Waals surface area contributed by atoms with Crippen molar-refractivity contribution in [1.29, 1.82) is 0 Å². The molecule has 0 unspecified atom stereocenters. The first-order chi connectivity index (χ1) is 13.3. The summed E-state index contributed by atoms with van der Waals surface area (Å²) in [7, 11) is -3.31. The fraction of sp³-hybridized carbons (Fsp3) is 0.300. The van der Waals surface area contributed by atoms with Crippen molar-refractivity contribution in [1.82, 2.24) is 5.32 Å². The highest BCUT2D eigenvalue weighted by atomic mass is 32.2. The molecular formula is C20H23N3O4S. The summed E-state index contributed by atoms with van der Waals surface area (Å²) in [6, 6.07) is 11.7. The Morgan fingerprint density at radius 2 is 1.82 bits per heavy atom. The Kier molecular flexibility index (Phi) is 5.69. The molecule has 8 heteroatoms. The van der Waals surface area contributed by atoms with Gasteiger partial charge in [-0.1, -0.05) is 12.1 Å². The molecule has 0 spiro atoms. The number of nitrogens with zero attached hydrogens (tertiary/aromatic N) is 1. The highest BCUT2D eigenvalue weighted by molar-refractivity contribution is 7.93. The number of hydrogen-bond donors (Lipinski definition) is 2. The summed E-state index contributed by atoms with van der Waals surface area (Å²) in [5, 5.41) is 5.54. The molecule has 1 aliphatic heterocycles. The van der Waals surface area contributed by atoms with E-state index in [-0.39, 0.29) is 17.6 Å². The molecule has 7 nitrogen and oxygen atoms in total. The lowest BCUT2D eigenvalue weighted by atomic mass is 10.1. The Hall–Kier alpha value is -2.87. The van der Waals surface area contributed by atoms with Gasteiger partial charge < -0.3 is 10.6 Å². The second-order valence-corrected chi connectivity index (χ2v) is 8.65. The quantitative estimate of drug-likeness (QED) is 0.805. The van der Waals surface area contributed by atoms with Gasteiger partial charge in [0.15, 0.2) is 0 Å². The molecule has 0 aliphatic carbocycles. The Labute approximate surface area is 164 Å². The highest BCUT2D eigenvalue weighted by Crippen LogP contribution is 2.25. The molecule has 28 heavy (non-hydrogen) atoms. The lowest BCUT2D eigenvalue weighted by Crippen LogP contribution is -2.25. The van der Waals surface area contributed by atoms with Crippen molar-refractivity contribution in [3.8, 4) is 0 Å². The number of nitrogens with one attached hydrogen (secondary N) is 2. The second-order valence-electron chi connectivity index (χ2n) is 6.64. The third-order valence-electron chi connectivity index (χ3n) is 4.58. The van der Waals surface area contributed by atoms with Gasteiger partial charge in [0.2, 0.25) is 10.0 Å². The fourth-order valence-corrected chi connectivity index (χ4v) is 4.64. The van der Waals surface area contributed by atoms with Gasteiger partial charge in [-0.15, -0.1) is 0 Å². The number of sulfonamides is 1. The number of aryl methyl sites for hydroxylation is 1. The zero-order chi connectivity index (χ0) is 20.3. The van der Waals surface area contributed by atoms with Crippen LogP contribution in [0.4, 0.5) is 11.4 Å². The van der Waals surface area contributed by atoms with Crippen LogP contribution in [0.25, 0.3) is 0 Å². The maximum absolute atomic E-state index is 12.7. The standard InChI is InChI=1S/C20H23N3O4S/c1-3-21-19(24)16-9-8-14(2)18(13-16)22-20(25)15-6-4-7-17(12-15)23-10-5-11-28(23,26)27/h4,6-9,12-13H,3,5,10-11H2,1-2H3,(H,21,24)(H,22,25). The van der Waals surface area contributed by atoms with Crippen molar-refractivity contribution in [2.45, 2.75) is 20.3 Å². The van der Waals surface area contributed by atoms with Crippen LogP contribution in [0.3, 0.4) is 0 Å². The van der Waals surface area contributed by atoms with Gasteiger partial charge in [0, 0.05) is 29.9 Å². The van der Waals surface area contributed by atoms with Gasteiger partial charge >= 0.3 is 0 Å². The van der Waals surface area contributed by atoms with Gasteiger partial charge in [0.1, 0.15) is 0 Å². The van der Waals surface area contributed by atoms with Gasteiger partial charge in [-0.25, -0.2) is 8.42 Å². The second kappa shape index (κ2) is 8.02. The van der Waals surface area contributed by atoms with Gasteiger partial charge in [-0.3, -0.25) is 13.9 Å². The van der Waals surface area contributed by atoms with E-state index in [0.29, 0.717) is 42.0 Å². The highest BCUT2D eigenvalue weighted by Gasteiger charge is 2.28. The third kappa shape index (κ3) is 4.17. The Bertz CT molecular complexity index is 1020. The Morgan fingerprint density at radius 3 is 2.50 bits per heavy atom. The molecule has 2 aromatic carbocycles. The molecule has 1 saturated heterocycles. The summed E-state index contributed by atoms with van der Waals surface area (Å²) in [5.41, 5.74) is 2.65. The van der Waals surface area contributed by atoms with Crippen LogP contribution in [0, 0.1) is 6.92 Å². The minimum atomic E-state index is -3.31. The van der Waals surface area contributed by atoms with Gasteiger partial charge in [-0.2, -0.15) is 0 Å². The molecule has 2 N–H and O–H groups in total. The van der Waals surface area contributed by atoms with Crippen molar-refractivity contribution in [3.63, 3.8) is 0 Å². The fourth-order valence-electron chi connectivity index (χ4n) is 3.09. The van der Waals surface area contributed by atoms with E-state index in [1.54, 1.807) is 42.5 Å². The van der Waals surface area contributed by atoms with Gasteiger partial charge in [0.05, 0.1) is 11.4 Å². The summed E-state index contributed by atoms with van der Waals surface area (Å²) >= 11 is 0. The first-order valence-corrected chi connectivity index (χ1v) is 10.7. The average Bonchev–Trinajstić information content (AvgIpc) is 3.03. The number of carbonyl (C=O) groups is 2. The number of carbonyl (C=O) groups excluding carboxylic acids is 2. The smallest absolute Gasteiger partial charge is 0.255 e. The third-order valence-corrected chi connectivity index (χ3v) is 6.45. The van der Waals surface area contributed by atoms with Crippen LogP contribution in [0.15, 0.2) is 42.5 Å². The topological polar surface area (TPSA) is 95.6 Å². The Balaban J connectivity index is 1.83. The number of amides is 2. The summed E-state index contributed by atoms with van der Waals surface area (Å²) in [6.07, 6.45) is 0.574. The lowest BCUT2D eigenvalue weighted by Gasteiger charge is -2.17. The zero-order valence-electron chi connectivity index (χ0n) is 15.9. The SMILES string of the molecule is CCNC(=O)c1ccc(C)c(NC(=O)c2cccc(N3CCCS3(=O)=O)c2)c1. The number of benzene rings is 2. The van der Waals surface area contributed by atoms with Crippen LogP contribution in [-0.2, 0) is 10.0 Å². The minimum absolute atomic E-state index is 0.120. The van der Waals surface area contributed by atoms with Crippen molar-refractivity contribution in [3.05, 3.63) is 59.2 Å². The predicted molar refractivity (Wildman–Crippen MR) is 109 cm³/mol. The first kappa shape index (κ1) is 19.9. The number of rotatable bonds is 5. The van der Waals surface area contributed by atoms with E-state index in [1.807, 2.05) is 13.8 Å². The molecule has 0 saturated carbocycles. The van der Waals surface area contributed by atoms with Crippen molar-refractivity contribution in [2.24, 2.45) is 0 Å². The van der Waals surface area contributed by atoms with Crippen molar-refractivity contribution >= 4 is 33.2 Å². The average molecular weight is 401 g/mol. The molecule has 148 valence electrons. The molecule has 2 amide bonds. The van der Waals surface area contributed by atoms with Crippen LogP contribution in [0.1, 0.15) is 39.6 Å². The molecule has 0 bridgehead atoms. The van der Waals surface area contributed by atoms with E-state index < -0.39 is 10.0 Å². The van der Waals surface area contributed by atoms with Crippen LogP contribution in [0.2, 0.25) is 0 Å². The normalized spacial score (nSPS) is 15.3. The molecule has 0 radical (unpaired) electrons. The van der Waals surface area contributed by atoms with Crippen LogP contribution in [-0.4, -0.2) is 39.1 Å². The largest absolute Gasteiger partial charge is 0.352 e. The Morgan fingerprint density at radius 1 is 1.07 bits per heavy atom. The van der Waals surface area contributed by atoms with Crippen LogP contribution < -0.4 is 14.9 Å². The van der Waals surface area contributed by atoms with Crippen LogP contribution in [0.5, 0.6) is 0 Å². The van der Waals surface area contributed by atoms with E-state index in [0.717, 1.165) is 5.56 Å². The summed E-state index contributed by atoms with van der Waals surface area (Å²) in [4.78, 5) is 24.8. The molecule has 2 aromatic rings. The number of hydrogen-bond acceptors (Lipinski definition) is 4. The van der Waals surface area contributed by atoms with Gasteiger partial charge in [0.25, 0.3) is 11.8 Å². The summed E-state index contributed by atoms with van der Waals surface area (Å²) < 4.78 is 25.6. The summed E-state index contributed by atoms with van der Waals surface area (Å²) in [6.45, 7) is 4.61. The molecule has 0 atom stereocenters. The van der Waals surface area contributed by atoms with Gasteiger partial charge in [-0.05, 0) is 56.2 Å². The monoisotopic (exact) mass is 401 g/mol. The lowest BCUT2D eigenvalue weighted by molar-refractivity contribution is 0.0954. The summed E-state index contributed by atoms with van der Waals surface area (Å²) in [5.74, 6) is -0.455. The predicted octanol–water partition coefficient (Wildman–Crippen LogP) is 2.54. The number of anilines is 2. The molecule has 1 fully saturated rings. The molecular weight excluding hydrogens is 378 g/mol. The van der Waals surface area contributed by atoms with E-state index in [4.69, 9.17) is 0 Å². The van der Waals surface area contributed by atoms with E-state index in [2.05, 4.69) is 10.6 Å². The van der Waals surface area contributed by atoms with E-state index in [9.17, 15) is 18.0 Å². The van der Waals surface area contributed by atoms with E-state index in [1.165, 1.54) is 4.31 Å². The maximum atomic E-state index is 12.7. The molecule has 1 heterocycles.